The highest BCUT2D eigenvalue weighted by Crippen LogP contribution is 2.18. The second-order valence-electron chi connectivity index (χ2n) is 7.11. The Morgan fingerprint density at radius 3 is 2.60 bits per heavy atom. The molecule has 0 aliphatic heterocycles. The number of nitrogens with zero attached hydrogens (tertiary/aromatic N) is 3. The third-order valence-corrected chi connectivity index (χ3v) is 4.57. The molecule has 1 amide bonds. The van der Waals surface area contributed by atoms with Crippen LogP contribution in [-0.2, 0) is 22.6 Å². The summed E-state index contributed by atoms with van der Waals surface area (Å²) in [7, 11) is 0. The fraction of sp³-hybridized carbons (Fsp3) is 0.364. The van der Waals surface area contributed by atoms with Crippen molar-refractivity contribution in [1.82, 2.24) is 20.4 Å². The van der Waals surface area contributed by atoms with Gasteiger partial charge in [0.15, 0.2) is 11.5 Å². The molecule has 8 heteroatoms. The fourth-order valence-corrected chi connectivity index (χ4v) is 3.13. The average molecular weight is 410 g/mol. The van der Waals surface area contributed by atoms with Crippen LogP contribution in [-0.4, -0.2) is 45.9 Å². The Bertz CT molecular complexity index is 937. The second-order valence-corrected chi connectivity index (χ2v) is 7.11. The number of hydrogen-bond acceptors (Lipinski definition) is 7. The van der Waals surface area contributed by atoms with E-state index in [4.69, 9.17) is 8.83 Å². The summed E-state index contributed by atoms with van der Waals surface area (Å²) in [4.78, 5) is 26.6. The van der Waals surface area contributed by atoms with Gasteiger partial charge in [0.2, 0.25) is 11.8 Å². The number of nitrogens with one attached hydrogen (secondary N) is 1. The van der Waals surface area contributed by atoms with Gasteiger partial charge in [-0.05, 0) is 44.0 Å². The van der Waals surface area contributed by atoms with Crippen LogP contribution in [0.2, 0.25) is 0 Å². The van der Waals surface area contributed by atoms with Crippen LogP contribution in [0.5, 0.6) is 0 Å². The largest absolute Gasteiger partial charge is 0.459 e. The summed E-state index contributed by atoms with van der Waals surface area (Å²) in [5.74, 6) is 0.906. The van der Waals surface area contributed by atoms with E-state index in [0.29, 0.717) is 37.1 Å². The number of aromatic nitrogens is 2. The predicted molar refractivity (Wildman–Crippen MR) is 110 cm³/mol. The van der Waals surface area contributed by atoms with Crippen molar-refractivity contribution in [2.24, 2.45) is 0 Å². The summed E-state index contributed by atoms with van der Waals surface area (Å²) in [6.45, 7) is 4.66. The number of furan rings is 1. The van der Waals surface area contributed by atoms with Crippen LogP contribution in [0, 0.1) is 0 Å². The maximum absolute atomic E-state index is 12.6. The van der Waals surface area contributed by atoms with E-state index < -0.39 is 6.04 Å². The molecule has 0 aliphatic carbocycles. The number of ketones is 1. The van der Waals surface area contributed by atoms with Crippen molar-refractivity contribution < 1.29 is 18.4 Å². The van der Waals surface area contributed by atoms with Crippen LogP contribution in [0.15, 0.2) is 57.6 Å². The summed E-state index contributed by atoms with van der Waals surface area (Å²) in [6, 6.07) is 12.6. The quantitative estimate of drug-likeness (QED) is 0.519. The molecule has 1 N–H and O–H groups in total. The van der Waals surface area contributed by atoms with Gasteiger partial charge >= 0.3 is 0 Å². The number of rotatable bonds is 11. The normalized spacial score (nSPS) is 12.1. The Hall–Kier alpha value is -3.26. The topological polar surface area (TPSA) is 101 Å². The zero-order valence-corrected chi connectivity index (χ0v) is 17.2. The summed E-state index contributed by atoms with van der Waals surface area (Å²) >= 11 is 0. The minimum atomic E-state index is -0.558. The van der Waals surface area contributed by atoms with Crippen molar-refractivity contribution in [3.05, 3.63) is 60.2 Å². The molecular weight excluding hydrogens is 384 g/mol. The molecule has 30 heavy (non-hydrogen) atoms. The Labute approximate surface area is 175 Å². The Morgan fingerprint density at radius 2 is 1.93 bits per heavy atom. The van der Waals surface area contributed by atoms with Gasteiger partial charge in [0.1, 0.15) is 0 Å². The molecule has 0 radical (unpaired) electrons. The number of hydrogen-bond donors (Lipinski definition) is 1. The van der Waals surface area contributed by atoms with Crippen LogP contribution in [0.1, 0.15) is 31.7 Å². The monoisotopic (exact) mass is 410 g/mol. The van der Waals surface area contributed by atoms with E-state index in [9.17, 15) is 9.59 Å². The Morgan fingerprint density at radius 1 is 1.13 bits per heavy atom. The van der Waals surface area contributed by atoms with Crippen molar-refractivity contribution in [2.45, 2.75) is 39.3 Å². The SMILES string of the molecule is CCCN(CC(=O)N[C@H](Cc1ccccc1)C(C)=O)Cc1nnc(-c2ccco2)o1. The van der Waals surface area contributed by atoms with E-state index >= 15 is 0 Å². The molecule has 2 aromatic heterocycles. The van der Waals surface area contributed by atoms with Crippen molar-refractivity contribution in [3.8, 4) is 11.7 Å². The van der Waals surface area contributed by atoms with E-state index in [-0.39, 0.29) is 18.2 Å². The highest BCUT2D eigenvalue weighted by molar-refractivity contribution is 5.88. The zero-order chi connectivity index (χ0) is 21.3. The first-order valence-electron chi connectivity index (χ1n) is 9.97. The summed E-state index contributed by atoms with van der Waals surface area (Å²) in [6.07, 6.45) is 2.85. The smallest absolute Gasteiger partial charge is 0.283 e. The third kappa shape index (κ3) is 6.12. The minimum absolute atomic E-state index is 0.0748. The molecule has 0 spiro atoms. The van der Waals surface area contributed by atoms with Crippen molar-refractivity contribution >= 4 is 11.7 Å². The maximum Gasteiger partial charge on any atom is 0.283 e. The molecular formula is C22H26N4O4. The summed E-state index contributed by atoms with van der Waals surface area (Å²) in [5, 5.41) is 10.9. The molecule has 0 saturated heterocycles. The molecule has 1 aromatic carbocycles. The van der Waals surface area contributed by atoms with Crippen molar-refractivity contribution in [3.63, 3.8) is 0 Å². The number of benzene rings is 1. The highest BCUT2D eigenvalue weighted by Gasteiger charge is 2.21. The lowest BCUT2D eigenvalue weighted by Gasteiger charge is -2.21. The van der Waals surface area contributed by atoms with Crippen molar-refractivity contribution in [1.29, 1.82) is 0 Å². The average Bonchev–Trinajstić information content (AvgIpc) is 3.40. The third-order valence-electron chi connectivity index (χ3n) is 4.57. The molecule has 8 nitrogen and oxygen atoms in total. The molecule has 0 unspecified atom stereocenters. The van der Waals surface area contributed by atoms with E-state index in [1.807, 2.05) is 42.2 Å². The van der Waals surface area contributed by atoms with Gasteiger partial charge in [-0.2, -0.15) is 0 Å². The first kappa shape index (κ1) is 21.4. The molecule has 0 fully saturated rings. The van der Waals surface area contributed by atoms with Crippen LogP contribution in [0.25, 0.3) is 11.7 Å². The van der Waals surface area contributed by atoms with Crippen LogP contribution in [0.3, 0.4) is 0 Å². The van der Waals surface area contributed by atoms with Crippen LogP contribution < -0.4 is 5.32 Å². The lowest BCUT2D eigenvalue weighted by Crippen LogP contribution is -2.46. The van der Waals surface area contributed by atoms with Gasteiger partial charge in [-0.25, -0.2) is 0 Å². The molecule has 1 atom stereocenters. The van der Waals surface area contributed by atoms with E-state index in [1.54, 1.807) is 12.1 Å². The number of Topliss-reactive ketones (excluding diaryl/α,β-unsaturated/α-hetero) is 1. The van der Waals surface area contributed by atoms with Gasteiger partial charge in [0.25, 0.3) is 5.89 Å². The Balaban J connectivity index is 1.59. The number of carbonyl (C=O) groups is 2. The van der Waals surface area contributed by atoms with Gasteiger partial charge in [-0.3, -0.25) is 14.5 Å². The molecule has 158 valence electrons. The number of carbonyl (C=O) groups excluding carboxylic acids is 2. The van der Waals surface area contributed by atoms with Gasteiger partial charge in [-0.1, -0.05) is 37.3 Å². The molecule has 0 saturated carbocycles. The van der Waals surface area contributed by atoms with Crippen molar-refractivity contribution in [2.75, 3.05) is 13.1 Å². The molecule has 3 aromatic rings. The van der Waals surface area contributed by atoms with E-state index in [1.165, 1.54) is 13.2 Å². The second kappa shape index (κ2) is 10.5. The summed E-state index contributed by atoms with van der Waals surface area (Å²) in [5.41, 5.74) is 1.000. The van der Waals surface area contributed by atoms with Gasteiger partial charge in [0, 0.05) is 0 Å². The summed E-state index contributed by atoms with van der Waals surface area (Å²) < 4.78 is 10.9. The van der Waals surface area contributed by atoms with Crippen LogP contribution in [0.4, 0.5) is 0 Å². The Kier molecular flexibility index (Phi) is 7.51. The van der Waals surface area contributed by atoms with Crippen LogP contribution >= 0.6 is 0 Å². The van der Waals surface area contributed by atoms with E-state index in [2.05, 4.69) is 15.5 Å². The maximum atomic E-state index is 12.6. The zero-order valence-electron chi connectivity index (χ0n) is 17.2. The standard InChI is InChI=1S/C22H26N4O4/c1-3-11-26(15-21-24-25-22(30-21)19-10-7-12-29-19)14-20(28)23-18(16(2)27)13-17-8-5-4-6-9-17/h4-10,12,18H,3,11,13-15H2,1-2H3,(H,23,28)/t18-/m1/s1. The lowest BCUT2D eigenvalue weighted by molar-refractivity contribution is -0.127. The van der Waals surface area contributed by atoms with Gasteiger partial charge < -0.3 is 14.2 Å². The first-order chi connectivity index (χ1) is 14.5. The molecule has 0 bridgehead atoms. The minimum Gasteiger partial charge on any atom is -0.459 e. The molecule has 0 aliphatic rings. The fourth-order valence-electron chi connectivity index (χ4n) is 3.13. The predicted octanol–water partition coefficient (Wildman–Crippen LogP) is 2.86. The van der Waals surface area contributed by atoms with Gasteiger partial charge in [0.05, 0.1) is 25.4 Å². The molecule has 2 heterocycles. The lowest BCUT2D eigenvalue weighted by atomic mass is 10.0. The van der Waals surface area contributed by atoms with Gasteiger partial charge in [-0.15, -0.1) is 10.2 Å². The first-order valence-corrected chi connectivity index (χ1v) is 9.97. The van der Waals surface area contributed by atoms with E-state index in [0.717, 1.165) is 12.0 Å². The highest BCUT2D eigenvalue weighted by atomic mass is 16.4. The molecule has 3 rings (SSSR count). The number of amides is 1.